The maximum absolute atomic E-state index is 5.90. The molecule has 0 radical (unpaired) electrons. The molecule has 0 aliphatic carbocycles. The Bertz CT molecular complexity index is 947. The van der Waals surface area contributed by atoms with Crippen molar-refractivity contribution < 1.29 is 4.74 Å². The highest BCUT2D eigenvalue weighted by atomic mass is 16.5. The van der Waals surface area contributed by atoms with Crippen molar-refractivity contribution in [3.8, 4) is 5.75 Å². The number of hydrogen-bond acceptors (Lipinski definition) is 3. The molecule has 3 heteroatoms. The summed E-state index contributed by atoms with van der Waals surface area (Å²) in [6.45, 7) is 17.9. The van der Waals surface area contributed by atoms with Crippen molar-refractivity contribution in [2.45, 2.75) is 53.9 Å². The molecular weight excluding hydrogens is 416 g/mol. The smallest absolute Gasteiger partial charge is 0.122 e. The van der Waals surface area contributed by atoms with Gasteiger partial charge in [-0.15, -0.1) is 0 Å². The van der Waals surface area contributed by atoms with Gasteiger partial charge in [-0.2, -0.15) is 0 Å². The monoisotopic (exact) mass is 458 g/mol. The second kappa shape index (κ2) is 12.5. The van der Waals surface area contributed by atoms with Gasteiger partial charge in [-0.1, -0.05) is 43.3 Å². The maximum atomic E-state index is 5.90. The van der Waals surface area contributed by atoms with Crippen molar-refractivity contribution in [2.75, 3.05) is 42.6 Å². The van der Waals surface area contributed by atoms with Gasteiger partial charge < -0.3 is 14.5 Å². The number of hydrogen-bond donors (Lipinski definition) is 0. The number of anilines is 2. The minimum absolute atomic E-state index is 0.178. The molecule has 0 fully saturated rings. The summed E-state index contributed by atoms with van der Waals surface area (Å²) in [5.74, 6) is 1.18. The molecule has 0 atom stereocenters. The minimum Gasteiger partial charge on any atom is -0.494 e. The molecule has 0 aliphatic heterocycles. The lowest BCUT2D eigenvalue weighted by atomic mass is 9.84. The summed E-state index contributed by atoms with van der Waals surface area (Å²) in [6.07, 6.45) is 0.956. The first-order valence-corrected chi connectivity index (χ1v) is 13.0. The zero-order chi connectivity index (χ0) is 24.5. The molecule has 0 heterocycles. The van der Waals surface area contributed by atoms with Crippen LogP contribution in [0.3, 0.4) is 0 Å². The molecule has 3 rings (SSSR count). The first-order chi connectivity index (χ1) is 16.6. The number of benzene rings is 3. The molecule has 3 aromatic carbocycles. The average Bonchev–Trinajstić information content (AvgIpc) is 2.88. The third-order valence-corrected chi connectivity index (χ3v) is 6.81. The van der Waals surface area contributed by atoms with Crippen LogP contribution in [-0.2, 0) is 6.42 Å². The number of ether oxygens (including phenoxy) is 1. The molecule has 0 aliphatic rings. The van der Waals surface area contributed by atoms with Crippen molar-refractivity contribution >= 4 is 11.4 Å². The Morgan fingerprint density at radius 3 is 1.41 bits per heavy atom. The third-order valence-electron chi connectivity index (χ3n) is 6.81. The van der Waals surface area contributed by atoms with Crippen molar-refractivity contribution in [1.29, 1.82) is 0 Å². The molecule has 182 valence electrons. The summed E-state index contributed by atoms with van der Waals surface area (Å²) in [4.78, 5) is 4.79. The van der Waals surface area contributed by atoms with Crippen LogP contribution >= 0.6 is 0 Å². The predicted octanol–water partition coefficient (Wildman–Crippen LogP) is 7.52. The highest BCUT2D eigenvalue weighted by molar-refractivity contribution is 5.55. The number of nitrogens with zero attached hydrogens (tertiary/aromatic N) is 2. The molecule has 0 N–H and O–H groups in total. The SMILES string of the molecule is CCOc1ccc(C(c2ccc(N(CC)CC)cc2)c2ccc(N(CC)CC)cc2)cc1CC. The molecule has 0 spiro atoms. The van der Waals surface area contributed by atoms with Crippen molar-refractivity contribution in [3.63, 3.8) is 0 Å². The summed E-state index contributed by atoms with van der Waals surface area (Å²) >= 11 is 0. The van der Waals surface area contributed by atoms with Crippen molar-refractivity contribution in [2.24, 2.45) is 0 Å². The van der Waals surface area contributed by atoms with E-state index in [1.807, 2.05) is 6.92 Å². The number of rotatable bonds is 12. The highest BCUT2D eigenvalue weighted by Crippen LogP contribution is 2.36. The predicted molar refractivity (Wildman–Crippen MR) is 148 cm³/mol. The third kappa shape index (κ3) is 5.75. The average molecular weight is 459 g/mol. The van der Waals surface area contributed by atoms with Crippen LogP contribution in [0, 0.1) is 0 Å². The van der Waals surface area contributed by atoms with Gasteiger partial charge >= 0.3 is 0 Å². The standard InChI is InChI=1S/C31H42N2O/c1-7-24-23-27(17-22-30(24)34-12-6)31(25-13-18-28(19-14-25)32(8-2)9-3)26-15-20-29(21-16-26)33(10-4)11-5/h13-23,31H,7-12H2,1-6H3. The topological polar surface area (TPSA) is 15.7 Å². The first kappa shape index (κ1) is 25.7. The largest absolute Gasteiger partial charge is 0.494 e. The van der Waals surface area contributed by atoms with E-state index in [0.29, 0.717) is 6.61 Å². The molecular formula is C31H42N2O. The fraction of sp³-hybridized carbons (Fsp3) is 0.419. The summed E-state index contributed by atoms with van der Waals surface area (Å²) in [7, 11) is 0. The Hall–Kier alpha value is -2.94. The van der Waals surface area contributed by atoms with Crippen LogP contribution < -0.4 is 14.5 Å². The molecule has 0 saturated carbocycles. The van der Waals surface area contributed by atoms with Gasteiger partial charge in [0.1, 0.15) is 5.75 Å². The van der Waals surface area contributed by atoms with E-state index < -0.39 is 0 Å². The van der Waals surface area contributed by atoms with Crippen LogP contribution in [0.2, 0.25) is 0 Å². The van der Waals surface area contributed by atoms with Gasteiger partial charge in [-0.3, -0.25) is 0 Å². The Kier molecular flexibility index (Phi) is 9.44. The van der Waals surface area contributed by atoms with Gasteiger partial charge in [0.25, 0.3) is 0 Å². The fourth-order valence-electron chi connectivity index (χ4n) is 4.86. The minimum atomic E-state index is 0.178. The Labute approximate surface area is 207 Å². The van der Waals surface area contributed by atoms with E-state index in [-0.39, 0.29) is 5.92 Å². The quantitative estimate of drug-likeness (QED) is 0.261. The lowest BCUT2D eigenvalue weighted by Gasteiger charge is -2.25. The van der Waals surface area contributed by atoms with E-state index in [9.17, 15) is 0 Å². The molecule has 3 nitrogen and oxygen atoms in total. The maximum Gasteiger partial charge on any atom is 0.122 e. The zero-order valence-electron chi connectivity index (χ0n) is 22.0. The summed E-state index contributed by atoms with van der Waals surface area (Å²) in [5.41, 5.74) is 7.78. The molecule has 0 aromatic heterocycles. The van der Waals surface area contributed by atoms with Crippen LogP contribution in [0.15, 0.2) is 66.7 Å². The van der Waals surface area contributed by atoms with Crippen LogP contribution in [0.1, 0.15) is 69.7 Å². The van der Waals surface area contributed by atoms with Crippen LogP contribution in [0.4, 0.5) is 11.4 Å². The fourth-order valence-corrected chi connectivity index (χ4v) is 4.86. The summed E-state index contributed by atoms with van der Waals surface area (Å²) in [5, 5.41) is 0. The Morgan fingerprint density at radius 2 is 1.03 bits per heavy atom. The molecule has 0 amide bonds. The van der Waals surface area contributed by atoms with E-state index >= 15 is 0 Å². The van der Waals surface area contributed by atoms with Crippen LogP contribution in [0.5, 0.6) is 5.75 Å². The van der Waals surface area contributed by atoms with E-state index in [2.05, 4.69) is 111 Å². The summed E-state index contributed by atoms with van der Waals surface area (Å²) in [6, 6.07) is 25.0. The molecule has 34 heavy (non-hydrogen) atoms. The lowest BCUT2D eigenvalue weighted by molar-refractivity contribution is 0.336. The lowest BCUT2D eigenvalue weighted by Crippen LogP contribution is -2.21. The van der Waals surface area contributed by atoms with Gasteiger partial charge in [0.2, 0.25) is 0 Å². The van der Waals surface area contributed by atoms with E-state index in [1.54, 1.807) is 0 Å². The molecule has 0 saturated heterocycles. The van der Waals surface area contributed by atoms with Gasteiger partial charge in [-0.25, -0.2) is 0 Å². The van der Waals surface area contributed by atoms with Gasteiger partial charge in [0.15, 0.2) is 0 Å². The van der Waals surface area contributed by atoms with Gasteiger partial charge in [0, 0.05) is 43.5 Å². The second-order valence-corrected chi connectivity index (χ2v) is 8.61. The van der Waals surface area contributed by atoms with Crippen molar-refractivity contribution in [3.05, 3.63) is 89.0 Å². The summed E-state index contributed by atoms with van der Waals surface area (Å²) < 4.78 is 5.90. The van der Waals surface area contributed by atoms with E-state index in [0.717, 1.165) is 38.3 Å². The second-order valence-electron chi connectivity index (χ2n) is 8.61. The number of aryl methyl sites for hydroxylation is 1. The molecule has 3 aromatic rings. The highest BCUT2D eigenvalue weighted by Gasteiger charge is 2.19. The van der Waals surface area contributed by atoms with Crippen LogP contribution in [0.25, 0.3) is 0 Å². The molecule has 0 unspecified atom stereocenters. The van der Waals surface area contributed by atoms with E-state index in [4.69, 9.17) is 4.74 Å². The first-order valence-electron chi connectivity index (χ1n) is 13.0. The van der Waals surface area contributed by atoms with Gasteiger partial charge in [0.05, 0.1) is 6.61 Å². The van der Waals surface area contributed by atoms with Gasteiger partial charge in [-0.05, 0) is 93.6 Å². The van der Waals surface area contributed by atoms with Crippen molar-refractivity contribution in [1.82, 2.24) is 0 Å². The Morgan fingerprint density at radius 1 is 0.588 bits per heavy atom. The van der Waals surface area contributed by atoms with E-state index in [1.165, 1.54) is 33.6 Å². The van der Waals surface area contributed by atoms with Crippen LogP contribution in [-0.4, -0.2) is 32.8 Å². The normalized spacial score (nSPS) is 11.0. The zero-order valence-corrected chi connectivity index (χ0v) is 22.0. The Balaban J connectivity index is 2.07. The molecule has 0 bridgehead atoms.